The Morgan fingerprint density at radius 3 is 2.11 bits per heavy atom. The molecule has 0 radical (unpaired) electrons. The summed E-state index contributed by atoms with van der Waals surface area (Å²) in [6.07, 6.45) is -2.68. The van der Waals surface area contributed by atoms with Crippen molar-refractivity contribution in [3.8, 4) is 0 Å². The molecule has 0 aliphatic heterocycles. The lowest BCUT2D eigenvalue weighted by Gasteiger charge is -1.99. The molecule has 4 heteroatoms. The van der Waals surface area contributed by atoms with Crippen molar-refractivity contribution in [2.45, 2.75) is 12.6 Å². The average molecular weight is 139 g/mol. The van der Waals surface area contributed by atoms with Gasteiger partial charge in [0.2, 0.25) is 0 Å². The first kappa shape index (κ1) is 8.49. The number of halogens is 3. The van der Waals surface area contributed by atoms with E-state index in [2.05, 4.69) is 0 Å². The molecule has 1 nitrogen and oxygen atoms in total. The molecule has 0 rings (SSSR count). The number of rotatable bonds is 2. The van der Waals surface area contributed by atoms with Crippen LogP contribution in [0.25, 0.3) is 0 Å². The van der Waals surface area contributed by atoms with Crippen molar-refractivity contribution >= 4 is 0 Å². The minimum absolute atomic E-state index is 0.163. The summed E-state index contributed by atoms with van der Waals surface area (Å²) >= 11 is 0. The summed E-state index contributed by atoms with van der Waals surface area (Å²) in [5.41, 5.74) is 4.90. The lowest BCUT2D eigenvalue weighted by atomic mass is 10.4. The SMILES string of the molecule is NC/C=C/CC(F)(F)F. The van der Waals surface area contributed by atoms with Crippen molar-refractivity contribution in [1.82, 2.24) is 0 Å². The van der Waals surface area contributed by atoms with Crippen molar-refractivity contribution in [1.29, 1.82) is 0 Å². The Hall–Kier alpha value is -0.510. The fourth-order valence-electron chi connectivity index (χ4n) is 0.313. The Kier molecular flexibility index (Phi) is 3.30. The van der Waals surface area contributed by atoms with E-state index in [1.54, 1.807) is 0 Å². The summed E-state index contributed by atoms with van der Waals surface area (Å²) in [7, 11) is 0. The Balaban J connectivity index is 3.38. The predicted molar refractivity (Wildman–Crippen MR) is 28.9 cm³/mol. The molecule has 2 N–H and O–H groups in total. The van der Waals surface area contributed by atoms with Crippen molar-refractivity contribution in [3.63, 3.8) is 0 Å². The van der Waals surface area contributed by atoms with Gasteiger partial charge in [0.15, 0.2) is 0 Å². The summed E-state index contributed by atoms with van der Waals surface area (Å²) in [6, 6.07) is 0. The first-order valence-electron chi connectivity index (χ1n) is 2.48. The third-order valence-corrected chi connectivity index (χ3v) is 0.652. The molecule has 0 unspecified atom stereocenters. The summed E-state index contributed by atoms with van der Waals surface area (Å²) < 4.78 is 33.9. The minimum Gasteiger partial charge on any atom is -0.327 e. The summed E-state index contributed by atoms with van der Waals surface area (Å²) in [6.45, 7) is 0.163. The zero-order valence-corrected chi connectivity index (χ0v) is 4.78. The highest BCUT2D eigenvalue weighted by molar-refractivity contribution is 4.84. The lowest BCUT2D eigenvalue weighted by Crippen LogP contribution is -2.04. The van der Waals surface area contributed by atoms with E-state index in [-0.39, 0.29) is 6.54 Å². The first-order chi connectivity index (χ1) is 4.06. The van der Waals surface area contributed by atoms with Gasteiger partial charge in [-0.1, -0.05) is 12.2 Å². The highest BCUT2D eigenvalue weighted by Gasteiger charge is 2.24. The van der Waals surface area contributed by atoms with Crippen LogP contribution in [0.2, 0.25) is 0 Å². The first-order valence-corrected chi connectivity index (χ1v) is 2.48. The number of nitrogens with two attached hydrogens (primary N) is 1. The van der Waals surface area contributed by atoms with E-state index >= 15 is 0 Å². The fraction of sp³-hybridized carbons (Fsp3) is 0.600. The summed E-state index contributed by atoms with van der Waals surface area (Å²) in [4.78, 5) is 0. The standard InChI is InChI=1S/C5H8F3N/c6-5(7,8)3-1-2-4-9/h1-2H,3-4,9H2/b2-1+. The Morgan fingerprint density at radius 2 is 1.78 bits per heavy atom. The zero-order valence-electron chi connectivity index (χ0n) is 4.78. The third kappa shape index (κ3) is 7.49. The van der Waals surface area contributed by atoms with Gasteiger partial charge >= 0.3 is 6.18 Å². The Labute approximate surface area is 51.3 Å². The molecule has 0 aromatic carbocycles. The van der Waals surface area contributed by atoms with Crippen molar-refractivity contribution in [2.75, 3.05) is 6.54 Å². The molecule has 0 aromatic heterocycles. The van der Waals surface area contributed by atoms with Crippen LogP contribution in [-0.4, -0.2) is 12.7 Å². The molecular weight excluding hydrogens is 131 g/mol. The lowest BCUT2D eigenvalue weighted by molar-refractivity contribution is -0.125. The van der Waals surface area contributed by atoms with Crippen LogP contribution in [0.5, 0.6) is 0 Å². The normalized spacial score (nSPS) is 12.9. The maximum Gasteiger partial charge on any atom is 0.392 e. The quantitative estimate of drug-likeness (QED) is 0.576. The second-order valence-electron chi connectivity index (χ2n) is 1.53. The molecule has 0 aliphatic rings. The van der Waals surface area contributed by atoms with Crippen molar-refractivity contribution in [3.05, 3.63) is 12.2 Å². The van der Waals surface area contributed by atoms with Crippen molar-refractivity contribution < 1.29 is 13.2 Å². The van der Waals surface area contributed by atoms with Gasteiger partial charge < -0.3 is 5.73 Å². The van der Waals surface area contributed by atoms with Crippen LogP contribution in [0, 0.1) is 0 Å². The average Bonchev–Trinajstić information content (AvgIpc) is 1.63. The van der Waals surface area contributed by atoms with Gasteiger partial charge in [0.05, 0.1) is 6.42 Å². The van der Waals surface area contributed by atoms with E-state index in [0.717, 1.165) is 6.08 Å². The van der Waals surface area contributed by atoms with Gasteiger partial charge in [-0.25, -0.2) is 0 Å². The number of allylic oxidation sites excluding steroid dienone is 1. The van der Waals surface area contributed by atoms with Gasteiger partial charge in [-0.3, -0.25) is 0 Å². The van der Waals surface area contributed by atoms with Gasteiger partial charge in [0, 0.05) is 6.54 Å². The largest absolute Gasteiger partial charge is 0.392 e. The van der Waals surface area contributed by atoms with E-state index < -0.39 is 12.6 Å². The van der Waals surface area contributed by atoms with Crippen LogP contribution < -0.4 is 5.73 Å². The van der Waals surface area contributed by atoms with Gasteiger partial charge in [0.25, 0.3) is 0 Å². The zero-order chi connectivity index (χ0) is 7.33. The van der Waals surface area contributed by atoms with E-state index in [4.69, 9.17) is 5.73 Å². The number of hydrogen-bond donors (Lipinski definition) is 1. The maximum atomic E-state index is 11.3. The van der Waals surface area contributed by atoms with Gasteiger partial charge in [-0.15, -0.1) is 0 Å². The highest BCUT2D eigenvalue weighted by Crippen LogP contribution is 2.19. The van der Waals surface area contributed by atoms with Gasteiger partial charge in [-0.05, 0) is 0 Å². The second kappa shape index (κ2) is 3.50. The van der Waals surface area contributed by atoms with Crippen LogP contribution in [0.4, 0.5) is 13.2 Å². The molecule has 0 spiro atoms. The molecule has 0 saturated heterocycles. The number of hydrogen-bond acceptors (Lipinski definition) is 1. The molecule has 0 aliphatic carbocycles. The van der Waals surface area contributed by atoms with E-state index in [0.29, 0.717) is 0 Å². The maximum absolute atomic E-state index is 11.3. The Bertz CT molecular complexity index is 94.9. The van der Waals surface area contributed by atoms with Crippen LogP contribution in [0.3, 0.4) is 0 Å². The molecule has 0 amide bonds. The Morgan fingerprint density at radius 1 is 1.22 bits per heavy atom. The van der Waals surface area contributed by atoms with Gasteiger partial charge in [-0.2, -0.15) is 13.2 Å². The van der Waals surface area contributed by atoms with Crippen molar-refractivity contribution in [2.24, 2.45) is 5.73 Å². The molecule has 0 bridgehead atoms. The highest BCUT2D eigenvalue weighted by atomic mass is 19.4. The molecule has 54 valence electrons. The molecule has 0 fully saturated rings. The van der Waals surface area contributed by atoms with Crippen LogP contribution in [0.15, 0.2) is 12.2 Å². The molecule has 0 atom stereocenters. The van der Waals surface area contributed by atoms with Crippen LogP contribution in [-0.2, 0) is 0 Å². The fourth-order valence-corrected chi connectivity index (χ4v) is 0.313. The van der Waals surface area contributed by atoms with E-state index in [9.17, 15) is 13.2 Å². The molecule has 0 aromatic rings. The smallest absolute Gasteiger partial charge is 0.327 e. The third-order valence-electron chi connectivity index (χ3n) is 0.652. The summed E-state index contributed by atoms with van der Waals surface area (Å²) in [5.74, 6) is 0. The second-order valence-corrected chi connectivity index (χ2v) is 1.53. The number of alkyl halides is 3. The van der Waals surface area contributed by atoms with E-state index in [1.807, 2.05) is 0 Å². The monoisotopic (exact) mass is 139 g/mol. The topological polar surface area (TPSA) is 26.0 Å². The van der Waals surface area contributed by atoms with E-state index in [1.165, 1.54) is 6.08 Å². The summed E-state index contributed by atoms with van der Waals surface area (Å²) in [5, 5.41) is 0. The molecule has 0 saturated carbocycles. The van der Waals surface area contributed by atoms with Crippen LogP contribution in [0.1, 0.15) is 6.42 Å². The molecule has 0 heterocycles. The minimum atomic E-state index is -4.09. The predicted octanol–water partition coefficient (Wildman–Crippen LogP) is 1.45. The van der Waals surface area contributed by atoms with Gasteiger partial charge in [0.1, 0.15) is 0 Å². The van der Waals surface area contributed by atoms with Crippen LogP contribution >= 0.6 is 0 Å². The molecular formula is C5H8F3N. The molecule has 9 heavy (non-hydrogen) atoms.